The molecule has 13 heavy (non-hydrogen) atoms. The number of rotatable bonds is 8. The van der Waals surface area contributed by atoms with Crippen LogP contribution in [0.1, 0.15) is 58.8 Å². The Labute approximate surface area is 83.7 Å². The minimum absolute atomic E-state index is 1.23. The maximum Gasteiger partial charge on any atom is -0.0348 e. The Balaban J connectivity index is 3.03. The van der Waals surface area contributed by atoms with Crippen molar-refractivity contribution in [2.24, 2.45) is 0 Å². The van der Waals surface area contributed by atoms with Crippen LogP contribution in [0.25, 0.3) is 0 Å². The first kappa shape index (κ1) is 12.5. The van der Waals surface area contributed by atoms with Crippen LogP contribution in [0.3, 0.4) is 0 Å². The van der Waals surface area contributed by atoms with Gasteiger partial charge in [-0.05, 0) is 39.0 Å². The van der Waals surface area contributed by atoms with Crippen LogP contribution in [-0.4, -0.2) is 0 Å². The molecule has 0 aliphatic heterocycles. The van der Waals surface area contributed by atoms with Gasteiger partial charge in [-0.3, -0.25) is 0 Å². The summed E-state index contributed by atoms with van der Waals surface area (Å²) in [5.41, 5.74) is 0. The Morgan fingerprint density at radius 2 is 1.38 bits per heavy atom. The number of unbranched alkanes of at least 4 members (excludes halogenated alkanes) is 5. The van der Waals surface area contributed by atoms with Gasteiger partial charge in [-0.15, -0.1) is 0 Å². The Morgan fingerprint density at radius 1 is 0.769 bits per heavy atom. The normalized spacial score (nSPS) is 11.8. The first-order valence-corrected chi connectivity index (χ1v) is 5.68. The van der Waals surface area contributed by atoms with Gasteiger partial charge in [0.25, 0.3) is 0 Å². The molecule has 0 fully saturated rings. The maximum atomic E-state index is 2.34. The molecule has 0 bridgehead atoms. The molecule has 0 aliphatic carbocycles. The predicted octanol–water partition coefficient (Wildman–Crippen LogP) is 4.87. The molecular formula is C13H24. The molecule has 0 spiro atoms. The Morgan fingerprint density at radius 3 is 2.00 bits per heavy atom. The van der Waals surface area contributed by atoms with E-state index >= 15 is 0 Å². The summed E-state index contributed by atoms with van der Waals surface area (Å²) in [5.74, 6) is 0. The van der Waals surface area contributed by atoms with E-state index in [-0.39, 0.29) is 0 Å². The summed E-state index contributed by atoms with van der Waals surface area (Å²) in [6, 6.07) is 0. The Kier molecular flexibility index (Phi) is 11.0. The lowest BCUT2D eigenvalue weighted by Gasteiger charge is -1.92. The fourth-order valence-electron chi connectivity index (χ4n) is 1.27. The summed E-state index contributed by atoms with van der Waals surface area (Å²) in [6.45, 7) is 4.33. The molecule has 76 valence electrons. The second-order valence-corrected chi connectivity index (χ2v) is 3.47. The number of hydrogen-bond donors (Lipinski definition) is 0. The maximum absolute atomic E-state index is 2.34. The van der Waals surface area contributed by atoms with Crippen LogP contribution < -0.4 is 0 Å². The van der Waals surface area contributed by atoms with Gasteiger partial charge in [0.15, 0.2) is 0 Å². The fraction of sp³-hybridized carbons (Fsp3) is 0.692. The van der Waals surface area contributed by atoms with Crippen LogP contribution in [0.5, 0.6) is 0 Å². The van der Waals surface area contributed by atoms with E-state index in [1.807, 2.05) is 0 Å². The van der Waals surface area contributed by atoms with Crippen LogP contribution in [0.2, 0.25) is 0 Å². The van der Waals surface area contributed by atoms with Crippen LogP contribution in [0.4, 0.5) is 0 Å². The molecule has 0 heterocycles. The van der Waals surface area contributed by atoms with Crippen molar-refractivity contribution in [3.63, 3.8) is 0 Å². The van der Waals surface area contributed by atoms with E-state index in [0.29, 0.717) is 0 Å². The van der Waals surface area contributed by atoms with Crippen LogP contribution in [-0.2, 0) is 0 Å². The van der Waals surface area contributed by atoms with Crippen molar-refractivity contribution in [1.29, 1.82) is 0 Å². The monoisotopic (exact) mass is 180 g/mol. The van der Waals surface area contributed by atoms with Gasteiger partial charge in [-0.2, -0.15) is 0 Å². The van der Waals surface area contributed by atoms with E-state index in [9.17, 15) is 0 Å². The molecule has 0 nitrogen and oxygen atoms in total. The fourth-order valence-corrected chi connectivity index (χ4v) is 1.27. The highest BCUT2D eigenvalue weighted by molar-refractivity contribution is 4.83. The second kappa shape index (κ2) is 11.5. The molecule has 0 aromatic rings. The van der Waals surface area contributed by atoms with Gasteiger partial charge in [0.2, 0.25) is 0 Å². The molecule has 0 atom stereocenters. The molecule has 0 heteroatoms. The molecule has 0 N–H and O–H groups in total. The first-order chi connectivity index (χ1) is 6.41. The van der Waals surface area contributed by atoms with Crippen molar-refractivity contribution in [1.82, 2.24) is 0 Å². The minimum atomic E-state index is 1.23. The molecule has 0 amide bonds. The zero-order valence-electron chi connectivity index (χ0n) is 9.26. The lowest BCUT2D eigenvalue weighted by Crippen LogP contribution is -1.72. The van der Waals surface area contributed by atoms with E-state index < -0.39 is 0 Å². The SMILES string of the molecule is CC=CCCCC=CCCCCC. The van der Waals surface area contributed by atoms with E-state index in [2.05, 4.69) is 38.2 Å². The molecule has 0 saturated carbocycles. The van der Waals surface area contributed by atoms with Crippen molar-refractivity contribution < 1.29 is 0 Å². The summed E-state index contributed by atoms with van der Waals surface area (Å²) in [5, 5.41) is 0. The third-order valence-electron chi connectivity index (χ3n) is 2.12. The minimum Gasteiger partial charge on any atom is -0.0917 e. The summed E-state index contributed by atoms with van der Waals surface area (Å²) in [7, 11) is 0. The highest BCUT2D eigenvalue weighted by atomic mass is 13.9. The Hall–Kier alpha value is -0.520. The molecule has 0 rings (SSSR count). The summed E-state index contributed by atoms with van der Waals surface area (Å²) < 4.78 is 0. The average molecular weight is 180 g/mol. The van der Waals surface area contributed by atoms with Gasteiger partial charge in [0, 0.05) is 0 Å². The van der Waals surface area contributed by atoms with Gasteiger partial charge < -0.3 is 0 Å². The quantitative estimate of drug-likeness (QED) is 0.369. The highest BCUT2D eigenvalue weighted by Gasteiger charge is 1.82. The summed E-state index contributed by atoms with van der Waals surface area (Å²) in [6.07, 6.45) is 18.2. The van der Waals surface area contributed by atoms with Crippen LogP contribution >= 0.6 is 0 Å². The lowest BCUT2D eigenvalue weighted by atomic mass is 10.1. The predicted molar refractivity (Wildman–Crippen MR) is 61.9 cm³/mol. The van der Waals surface area contributed by atoms with Gasteiger partial charge in [0.05, 0.1) is 0 Å². The van der Waals surface area contributed by atoms with Crippen molar-refractivity contribution in [3.05, 3.63) is 24.3 Å². The first-order valence-electron chi connectivity index (χ1n) is 5.68. The van der Waals surface area contributed by atoms with Crippen LogP contribution in [0.15, 0.2) is 24.3 Å². The topological polar surface area (TPSA) is 0 Å². The van der Waals surface area contributed by atoms with Gasteiger partial charge in [-0.1, -0.05) is 44.1 Å². The molecule has 0 aromatic heterocycles. The number of hydrogen-bond acceptors (Lipinski definition) is 0. The standard InChI is InChI=1S/C13H24/c1-3-5-7-9-11-13-12-10-8-6-4-2/h3,5,12-13H,4,6-11H2,1-2H3. The molecule has 0 radical (unpaired) electrons. The zero-order valence-corrected chi connectivity index (χ0v) is 9.26. The summed E-state index contributed by atoms with van der Waals surface area (Å²) >= 11 is 0. The van der Waals surface area contributed by atoms with Crippen LogP contribution in [0, 0.1) is 0 Å². The van der Waals surface area contributed by atoms with E-state index in [4.69, 9.17) is 0 Å². The van der Waals surface area contributed by atoms with E-state index in [1.165, 1.54) is 44.9 Å². The second-order valence-electron chi connectivity index (χ2n) is 3.47. The van der Waals surface area contributed by atoms with Gasteiger partial charge in [-0.25, -0.2) is 0 Å². The third kappa shape index (κ3) is 11.5. The Bertz CT molecular complexity index is 131. The van der Waals surface area contributed by atoms with Crippen molar-refractivity contribution in [2.75, 3.05) is 0 Å². The molecule has 0 saturated heterocycles. The third-order valence-corrected chi connectivity index (χ3v) is 2.12. The van der Waals surface area contributed by atoms with Crippen molar-refractivity contribution in [3.8, 4) is 0 Å². The molecule has 0 aromatic carbocycles. The van der Waals surface area contributed by atoms with E-state index in [0.717, 1.165) is 0 Å². The average Bonchev–Trinajstić information content (AvgIpc) is 2.16. The molecule has 0 aliphatic rings. The summed E-state index contributed by atoms with van der Waals surface area (Å²) in [4.78, 5) is 0. The van der Waals surface area contributed by atoms with Crippen molar-refractivity contribution in [2.45, 2.75) is 58.8 Å². The van der Waals surface area contributed by atoms with E-state index in [1.54, 1.807) is 0 Å². The molecular weight excluding hydrogens is 156 g/mol. The lowest BCUT2D eigenvalue weighted by molar-refractivity contribution is 0.727. The molecule has 0 unspecified atom stereocenters. The smallest absolute Gasteiger partial charge is 0.0348 e. The highest BCUT2D eigenvalue weighted by Crippen LogP contribution is 2.02. The van der Waals surface area contributed by atoms with Crippen molar-refractivity contribution >= 4 is 0 Å². The largest absolute Gasteiger partial charge is 0.0917 e. The zero-order chi connectivity index (χ0) is 9.78. The van der Waals surface area contributed by atoms with Gasteiger partial charge >= 0.3 is 0 Å². The number of allylic oxidation sites excluding steroid dienone is 4. The van der Waals surface area contributed by atoms with Gasteiger partial charge in [0.1, 0.15) is 0 Å².